The van der Waals surface area contributed by atoms with Crippen molar-refractivity contribution in [1.29, 1.82) is 0 Å². The molecule has 0 aromatic carbocycles. The first kappa shape index (κ1) is 18.9. The van der Waals surface area contributed by atoms with Gasteiger partial charge in [-0.1, -0.05) is 0 Å². The Balaban J connectivity index is 3.23. The number of carbonyl (C=O) groups is 1. The molecule has 0 N–H and O–H groups in total. The van der Waals surface area contributed by atoms with Gasteiger partial charge in [-0.3, -0.25) is 9.36 Å². The fraction of sp³-hybridized carbons (Fsp3) is 0.533. The number of carbonyl (C=O) groups excluding carboxylic acids is 1. The number of hydrogen-bond donors (Lipinski definition) is 0. The van der Waals surface area contributed by atoms with Gasteiger partial charge >= 0.3 is 11.7 Å². The van der Waals surface area contributed by atoms with Crippen molar-refractivity contribution < 1.29 is 19.0 Å². The van der Waals surface area contributed by atoms with Crippen molar-refractivity contribution in [2.24, 2.45) is 0 Å². The number of aromatic nitrogens is 2. The van der Waals surface area contributed by atoms with Crippen LogP contribution in [0.15, 0.2) is 21.9 Å². The molecule has 0 bridgehead atoms. The van der Waals surface area contributed by atoms with Gasteiger partial charge in [-0.15, -0.1) is 0 Å². The van der Waals surface area contributed by atoms with Crippen molar-refractivity contribution in [2.75, 3.05) is 14.2 Å². The number of esters is 1. The largest absolute Gasteiger partial charge is 0.457 e. The van der Waals surface area contributed by atoms with Gasteiger partial charge in [-0.25, -0.2) is 14.2 Å². The summed E-state index contributed by atoms with van der Waals surface area (Å²) in [5, 5.41) is 0. The lowest BCUT2D eigenvalue weighted by Crippen LogP contribution is -2.41. The predicted molar refractivity (Wildman–Crippen MR) is 83.9 cm³/mol. The molecule has 128 valence electrons. The van der Waals surface area contributed by atoms with Crippen LogP contribution in [0.3, 0.4) is 0 Å². The van der Waals surface area contributed by atoms with Crippen LogP contribution in [0.1, 0.15) is 26.3 Å². The van der Waals surface area contributed by atoms with Crippen molar-refractivity contribution in [3.8, 4) is 0 Å². The maximum absolute atomic E-state index is 12.3. The highest BCUT2D eigenvalue weighted by atomic mass is 16.6. The minimum absolute atomic E-state index is 0.0316. The molecule has 8 nitrogen and oxygen atoms in total. The molecule has 0 aliphatic heterocycles. The molecule has 1 heterocycles. The summed E-state index contributed by atoms with van der Waals surface area (Å²) in [4.78, 5) is 36.1. The fourth-order valence-corrected chi connectivity index (χ4v) is 1.76. The Morgan fingerprint density at radius 2 is 1.78 bits per heavy atom. The predicted octanol–water partition coefficient (Wildman–Crippen LogP) is 0.573. The number of nitrogens with zero attached hydrogens (tertiary/aromatic N) is 2. The van der Waals surface area contributed by atoms with Crippen LogP contribution in [-0.4, -0.2) is 34.9 Å². The van der Waals surface area contributed by atoms with Gasteiger partial charge in [0.1, 0.15) is 19.1 Å². The first-order chi connectivity index (χ1) is 10.7. The van der Waals surface area contributed by atoms with Gasteiger partial charge < -0.3 is 14.2 Å². The fourth-order valence-electron chi connectivity index (χ4n) is 1.76. The van der Waals surface area contributed by atoms with E-state index in [1.54, 1.807) is 20.8 Å². The van der Waals surface area contributed by atoms with Crippen LogP contribution in [0.25, 0.3) is 6.08 Å². The molecule has 8 heteroatoms. The van der Waals surface area contributed by atoms with E-state index >= 15 is 0 Å². The summed E-state index contributed by atoms with van der Waals surface area (Å²) in [6, 6.07) is 0. The summed E-state index contributed by atoms with van der Waals surface area (Å²) in [6.45, 7) is 4.99. The van der Waals surface area contributed by atoms with E-state index in [2.05, 4.69) is 0 Å². The van der Waals surface area contributed by atoms with Crippen LogP contribution in [0, 0.1) is 0 Å². The summed E-state index contributed by atoms with van der Waals surface area (Å²) in [7, 11) is 2.80. The van der Waals surface area contributed by atoms with E-state index in [-0.39, 0.29) is 19.0 Å². The second kappa shape index (κ2) is 7.89. The van der Waals surface area contributed by atoms with Crippen LogP contribution >= 0.6 is 0 Å². The molecule has 0 atom stereocenters. The van der Waals surface area contributed by atoms with Crippen molar-refractivity contribution in [2.45, 2.75) is 39.8 Å². The maximum atomic E-state index is 12.3. The van der Waals surface area contributed by atoms with Crippen LogP contribution in [-0.2, 0) is 32.5 Å². The molecule has 0 radical (unpaired) electrons. The maximum Gasteiger partial charge on any atom is 0.334 e. The third-order valence-corrected chi connectivity index (χ3v) is 2.60. The second-order valence-corrected chi connectivity index (χ2v) is 5.77. The van der Waals surface area contributed by atoms with Gasteiger partial charge in [0.25, 0.3) is 5.56 Å². The third-order valence-electron chi connectivity index (χ3n) is 2.60. The zero-order chi connectivity index (χ0) is 17.6. The summed E-state index contributed by atoms with van der Waals surface area (Å²) >= 11 is 0. The van der Waals surface area contributed by atoms with E-state index < -0.39 is 22.8 Å². The molecule has 1 aromatic rings. The number of ether oxygens (including phenoxy) is 3. The summed E-state index contributed by atoms with van der Waals surface area (Å²) in [5.74, 6) is -0.584. The van der Waals surface area contributed by atoms with E-state index in [0.29, 0.717) is 0 Å². The van der Waals surface area contributed by atoms with E-state index in [1.165, 1.54) is 31.1 Å². The van der Waals surface area contributed by atoms with Gasteiger partial charge in [-0.2, -0.15) is 0 Å². The summed E-state index contributed by atoms with van der Waals surface area (Å²) < 4.78 is 17.0. The normalized spacial score (nSPS) is 11.9. The average molecular weight is 326 g/mol. The van der Waals surface area contributed by atoms with Gasteiger partial charge in [0.2, 0.25) is 0 Å². The highest BCUT2D eigenvalue weighted by Crippen LogP contribution is 2.07. The third kappa shape index (κ3) is 5.50. The Bertz CT molecular complexity index is 693. The van der Waals surface area contributed by atoms with E-state index in [1.807, 2.05) is 0 Å². The lowest BCUT2D eigenvalue weighted by Gasteiger charge is -2.17. The second-order valence-electron chi connectivity index (χ2n) is 5.77. The topological polar surface area (TPSA) is 88.8 Å². The van der Waals surface area contributed by atoms with Gasteiger partial charge in [0.15, 0.2) is 0 Å². The van der Waals surface area contributed by atoms with Crippen molar-refractivity contribution in [3.05, 3.63) is 38.7 Å². The van der Waals surface area contributed by atoms with Gasteiger partial charge in [0, 0.05) is 26.5 Å². The SMILES string of the molecule is COCn1cc(/C=C/C(=O)OC(C)(C)C)c(=O)n(COC)c1=O. The van der Waals surface area contributed by atoms with E-state index in [9.17, 15) is 14.4 Å². The average Bonchev–Trinajstić information content (AvgIpc) is 2.43. The summed E-state index contributed by atoms with van der Waals surface area (Å²) in [6.07, 6.45) is 3.76. The minimum atomic E-state index is -0.632. The van der Waals surface area contributed by atoms with Crippen molar-refractivity contribution >= 4 is 12.0 Å². The number of rotatable bonds is 6. The van der Waals surface area contributed by atoms with Crippen molar-refractivity contribution in [1.82, 2.24) is 9.13 Å². The van der Waals surface area contributed by atoms with Gasteiger partial charge in [-0.05, 0) is 26.8 Å². The molecule has 1 rings (SSSR count). The van der Waals surface area contributed by atoms with Crippen LogP contribution < -0.4 is 11.2 Å². The summed E-state index contributed by atoms with van der Waals surface area (Å²) in [5.41, 5.74) is -1.62. The first-order valence-electron chi connectivity index (χ1n) is 6.93. The molecule has 0 unspecified atom stereocenters. The van der Waals surface area contributed by atoms with Crippen LogP contribution in [0.4, 0.5) is 0 Å². The molecular formula is C15H22N2O6. The molecule has 23 heavy (non-hydrogen) atoms. The van der Waals surface area contributed by atoms with E-state index in [4.69, 9.17) is 14.2 Å². The molecule has 0 aliphatic carbocycles. The Morgan fingerprint density at radius 3 is 2.30 bits per heavy atom. The highest BCUT2D eigenvalue weighted by Gasteiger charge is 2.15. The van der Waals surface area contributed by atoms with Gasteiger partial charge in [0.05, 0.1) is 5.56 Å². The van der Waals surface area contributed by atoms with Crippen LogP contribution in [0.5, 0.6) is 0 Å². The minimum Gasteiger partial charge on any atom is -0.457 e. The Hall–Kier alpha value is -2.19. The van der Waals surface area contributed by atoms with Crippen molar-refractivity contribution in [3.63, 3.8) is 0 Å². The zero-order valence-electron chi connectivity index (χ0n) is 14.0. The zero-order valence-corrected chi connectivity index (χ0v) is 14.0. The number of methoxy groups -OCH3 is 2. The van der Waals surface area contributed by atoms with E-state index in [0.717, 1.165) is 10.6 Å². The molecule has 0 amide bonds. The first-order valence-corrected chi connectivity index (χ1v) is 6.93. The molecule has 1 aromatic heterocycles. The molecule has 0 saturated heterocycles. The quantitative estimate of drug-likeness (QED) is 0.561. The lowest BCUT2D eigenvalue weighted by molar-refractivity contribution is -0.148. The molecule has 0 fully saturated rings. The molecule has 0 spiro atoms. The Kier molecular flexibility index (Phi) is 6.47. The Labute approximate surface area is 133 Å². The Morgan fingerprint density at radius 1 is 1.17 bits per heavy atom. The highest BCUT2D eigenvalue weighted by molar-refractivity contribution is 5.87. The van der Waals surface area contributed by atoms with Crippen LogP contribution in [0.2, 0.25) is 0 Å². The smallest absolute Gasteiger partial charge is 0.334 e. The lowest BCUT2D eigenvalue weighted by atomic mass is 10.2. The standard InChI is InChI=1S/C15H22N2O6/c1-15(2,3)23-12(18)7-6-11-8-16(9-21-4)14(20)17(10-22-5)13(11)19/h6-8H,9-10H2,1-5H3/b7-6+. The molecule has 0 aliphatic rings. The molecular weight excluding hydrogens is 304 g/mol. The monoisotopic (exact) mass is 326 g/mol. The number of hydrogen-bond acceptors (Lipinski definition) is 6. The molecule has 0 saturated carbocycles.